The maximum Gasteiger partial charge on any atom is 0.180 e. The van der Waals surface area contributed by atoms with E-state index in [0.29, 0.717) is 16.4 Å². The molecule has 0 aliphatic heterocycles. The maximum absolute atomic E-state index is 9.82. The molecule has 0 aliphatic carbocycles. The fourth-order valence-corrected chi connectivity index (χ4v) is 1.32. The van der Waals surface area contributed by atoms with Gasteiger partial charge in [0.05, 0.1) is 28.9 Å². The molecule has 6 heteroatoms. The molecular formula is C15H19ClN4O. The zero-order valence-electron chi connectivity index (χ0n) is 12.4. The minimum atomic E-state index is -0.0535. The predicted octanol–water partition coefficient (Wildman–Crippen LogP) is 4.04. The van der Waals surface area contributed by atoms with Gasteiger partial charge in [-0.3, -0.25) is 0 Å². The van der Waals surface area contributed by atoms with Crippen molar-refractivity contribution < 1.29 is 5.11 Å². The van der Waals surface area contributed by atoms with Gasteiger partial charge in [0.25, 0.3) is 0 Å². The molecule has 1 rings (SSSR count). The highest BCUT2D eigenvalue weighted by Gasteiger charge is 2.08. The number of allylic oxidation sites excluding steroid dienone is 4. The SMILES string of the molecule is C=C/C(Cl)=C(\C=C/CC#N)Nc1ncnc(C)c1O.CC. The molecule has 0 saturated carbocycles. The third-order valence-corrected chi connectivity index (χ3v) is 2.55. The smallest absolute Gasteiger partial charge is 0.180 e. The summed E-state index contributed by atoms with van der Waals surface area (Å²) in [6.45, 7) is 9.23. The number of anilines is 1. The van der Waals surface area contributed by atoms with Crippen LogP contribution in [0.1, 0.15) is 26.0 Å². The van der Waals surface area contributed by atoms with Crippen molar-refractivity contribution in [2.75, 3.05) is 5.32 Å². The minimum Gasteiger partial charge on any atom is -0.503 e. The standard InChI is InChI=1S/C13H13ClN4O.C2H6/c1-3-10(14)11(6-4-5-7-15)18-13-12(19)9(2)16-8-17-13;1-2/h3-4,6,8,19H,1,5H2,2H3,(H,16,17,18);1-2H3/b6-4-,11-10-;. The third-order valence-electron chi connectivity index (χ3n) is 2.19. The Morgan fingerprint density at radius 3 is 2.76 bits per heavy atom. The summed E-state index contributed by atoms with van der Waals surface area (Å²) in [5, 5.41) is 21.5. The van der Waals surface area contributed by atoms with Crippen LogP contribution in [0.3, 0.4) is 0 Å². The fourth-order valence-electron chi connectivity index (χ4n) is 1.21. The van der Waals surface area contributed by atoms with Crippen LogP contribution in [0.4, 0.5) is 5.82 Å². The van der Waals surface area contributed by atoms with Crippen LogP contribution >= 0.6 is 11.6 Å². The lowest BCUT2D eigenvalue weighted by atomic mass is 10.3. The Labute approximate surface area is 130 Å². The highest BCUT2D eigenvalue weighted by molar-refractivity contribution is 6.31. The second kappa shape index (κ2) is 10.5. The Kier molecular flexibility index (Phi) is 9.31. The number of nitrogens with zero attached hydrogens (tertiary/aromatic N) is 3. The van der Waals surface area contributed by atoms with Gasteiger partial charge in [-0.1, -0.05) is 38.1 Å². The maximum atomic E-state index is 9.82. The van der Waals surface area contributed by atoms with E-state index in [9.17, 15) is 5.11 Å². The summed E-state index contributed by atoms with van der Waals surface area (Å²) in [6.07, 6.45) is 6.30. The van der Waals surface area contributed by atoms with Crippen LogP contribution < -0.4 is 5.32 Å². The predicted molar refractivity (Wildman–Crippen MR) is 85.9 cm³/mol. The number of rotatable bonds is 5. The average molecular weight is 307 g/mol. The lowest BCUT2D eigenvalue weighted by molar-refractivity contribution is 0.467. The summed E-state index contributed by atoms with van der Waals surface area (Å²) in [4.78, 5) is 7.78. The van der Waals surface area contributed by atoms with Crippen molar-refractivity contribution in [2.24, 2.45) is 0 Å². The first kappa shape index (κ1) is 18.7. The molecule has 0 radical (unpaired) electrons. The van der Waals surface area contributed by atoms with Crippen LogP contribution in [0.25, 0.3) is 0 Å². The number of halogens is 1. The summed E-state index contributed by atoms with van der Waals surface area (Å²) >= 11 is 5.99. The Bertz CT molecular complexity index is 574. The van der Waals surface area contributed by atoms with Crippen LogP contribution in [-0.2, 0) is 0 Å². The zero-order chi connectivity index (χ0) is 16.3. The van der Waals surface area contributed by atoms with Gasteiger partial charge in [-0.25, -0.2) is 9.97 Å². The molecule has 1 aromatic rings. The van der Waals surface area contributed by atoms with Gasteiger partial charge in [-0.05, 0) is 19.1 Å². The van der Waals surface area contributed by atoms with Crippen LogP contribution in [0, 0.1) is 18.3 Å². The topological polar surface area (TPSA) is 81.8 Å². The molecule has 0 amide bonds. The number of nitrogens with one attached hydrogen (secondary N) is 1. The summed E-state index contributed by atoms with van der Waals surface area (Å²) < 4.78 is 0. The second-order valence-electron chi connectivity index (χ2n) is 3.51. The molecule has 0 spiro atoms. The van der Waals surface area contributed by atoms with Crippen molar-refractivity contribution in [2.45, 2.75) is 27.2 Å². The fraction of sp³-hybridized carbons (Fsp3) is 0.267. The number of aryl methyl sites for hydroxylation is 1. The molecular weight excluding hydrogens is 288 g/mol. The van der Waals surface area contributed by atoms with E-state index in [1.807, 2.05) is 19.9 Å². The molecule has 5 nitrogen and oxygen atoms in total. The van der Waals surface area contributed by atoms with E-state index in [0.717, 1.165) is 0 Å². The van der Waals surface area contributed by atoms with Crippen molar-refractivity contribution in [3.05, 3.63) is 47.6 Å². The summed E-state index contributed by atoms with van der Waals surface area (Å²) in [5.74, 6) is 0.186. The molecule has 0 unspecified atom stereocenters. The summed E-state index contributed by atoms with van der Waals surface area (Å²) in [7, 11) is 0. The molecule has 1 heterocycles. The first-order chi connectivity index (χ1) is 10.1. The van der Waals surface area contributed by atoms with Gasteiger partial charge < -0.3 is 10.4 Å². The quantitative estimate of drug-likeness (QED) is 0.802. The van der Waals surface area contributed by atoms with E-state index in [4.69, 9.17) is 16.9 Å². The Hall–Kier alpha value is -2.32. The van der Waals surface area contributed by atoms with E-state index in [1.54, 1.807) is 19.1 Å². The number of aromatic nitrogens is 2. The molecule has 21 heavy (non-hydrogen) atoms. The number of aromatic hydroxyl groups is 1. The van der Waals surface area contributed by atoms with Gasteiger partial charge in [0.2, 0.25) is 0 Å². The molecule has 0 bridgehead atoms. The van der Waals surface area contributed by atoms with E-state index in [2.05, 4.69) is 21.9 Å². The molecule has 112 valence electrons. The van der Waals surface area contributed by atoms with Crippen LogP contribution in [-0.4, -0.2) is 15.1 Å². The number of hydrogen-bond acceptors (Lipinski definition) is 5. The van der Waals surface area contributed by atoms with Gasteiger partial charge >= 0.3 is 0 Å². The normalized spacial score (nSPS) is 11.0. The van der Waals surface area contributed by atoms with Gasteiger partial charge in [-0.2, -0.15) is 5.26 Å². The van der Waals surface area contributed by atoms with E-state index in [-0.39, 0.29) is 18.0 Å². The van der Waals surface area contributed by atoms with Gasteiger partial charge in [0, 0.05) is 0 Å². The largest absolute Gasteiger partial charge is 0.503 e. The van der Waals surface area contributed by atoms with Gasteiger partial charge in [-0.15, -0.1) is 0 Å². The molecule has 0 aromatic carbocycles. The van der Waals surface area contributed by atoms with Gasteiger partial charge in [0.1, 0.15) is 6.33 Å². The van der Waals surface area contributed by atoms with Crippen molar-refractivity contribution in [3.8, 4) is 11.8 Å². The first-order valence-electron chi connectivity index (χ1n) is 6.43. The Balaban J connectivity index is 0.00000191. The first-order valence-corrected chi connectivity index (χ1v) is 6.81. The minimum absolute atomic E-state index is 0.0535. The van der Waals surface area contributed by atoms with Crippen molar-refractivity contribution in [3.63, 3.8) is 0 Å². The highest BCUT2D eigenvalue weighted by Crippen LogP contribution is 2.25. The monoisotopic (exact) mass is 306 g/mol. The number of nitriles is 1. The summed E-state index contributed by atoms with van der Waals surface area (Å²) in [5.41, 5.74) is 0.938. The van der Waals surface area contributed by atoms with Crippen LogP contribution in [0.2, 0.25) is 0 Å². The van der Waals surface area contributed by atoms with Crippen molar-refractivity contribution in [1.29, 1.82) is 5.26 Å². The molecule has 0 fully saturated rings. The molecule has 0 saturated heterocycles. The van der Waals surface area contributed by atoms with Crippen molar-refractivity contribution >= 4 is 17.4 Å². The number of hydrogen-bond donors (Lipinski definition) is 2. The second-order valence-corrected chi connectivity index (χ2v) is 3.92. The highest BCUT2D eigenvalue weighted by atomic mass is 35.5. The zero-order valence-corrected chi connectivity index (χ0v) is 13.1. The lowest BCUT2D eigenvalue weighted by Crippen LogP contribution is -2.02. The van der Waals surface area contributed by atoms with E-state index >= 15 is 0 Å². The van der Waals surface area contributed by atoms with E-state index in [1.165, 1.54) is 12.4 Å². The molecule has 1 aromatic heterocycles. The lowest BCUT2D eigenvalue weighted by Gasteiger charge is -2.10. The third kappa shape index (κ3) is 6.11. The van der Waals surface area contributed by atoms with Crippen molar-refractivity contribution in [1.82, 2.24) is 9.97 Å². The van der Waals surface area contributed by atoms with Gasteiger partial charge in [0.15, 0.2) is 11.6 Å². The van der Waals surface area contributed by atoms with Crippen LogP contribution in [0.5, 0.6) is 5.75 Å². The molecule has 0 aliphatic rings. The molecule has 2 N–H and O–H groups in total. The molecule has 0 atom stereocenters. The van der Waals surface area contributed by atoms with E-state index < -0.39 is 0 Å². The Morgan fingerprint density at radius 2 is 2.19 bits per heavy atom. The van der Waals surface area contributed by atoms with Crippen LogP contribution in [0.15, 0.2) is 41.9 Å². The Morgan fingerprint density at radius 1 is 1.52 bits per heavy atom. The summed E-state index contributed by atoms with van der Waals surface area (Å²) in [6, 6.07) is 1.98. The average Bonchev–Trinajstić information content (AvgIpc) is 2.52.